The standard InChI is InChI=1S/C14H13ClO2S/c1-17-11-6-4-10(5-7-11)12(9-14(15)16)13-3-2-8-18-13/h2-8,12H,9H2,1H3. The summed E-state index contributed by atoms with van der Waals surface area (Å²) in [5, 5.41) is 1.69. The molecule has 0 radical (unpaired) electrons. The lowest BCUT2D eigenvalue weighted by atomic mass is 9.94. The highest BCUT2D eigenvalue weighted by Crippen LogP contribution is 2.32. The van der Waals surface area contributed by atoms with Gasteiger partial charge in [0.15, 0.2) is 0 Å². The van der Waals surface area contributed by atoms with E-state index in [1.165, 1.54) is 0 Å². The van der Waals surface area contributed by atoms with Crippen molar-refractivity contribution in [2.24, 2.45) is 0 Å². The largest absolute Gasteiger partial charge is 0.497 e. The molecule has 0 saturated carbocycles. The van der Waals surface area contributed by atoms with E-state index in [0.717, 1.165) is 16.2 Å². The molecule has 0 fully saturated rings. The summed E-state index contributed by atoms with van der Waals surface area (Å²) in [4.78, 5) is 12.3. The minimum atomic E-state index is -0.316. The zero-order chi connectivity index (χ0) is 13.0. The van der Waals surface area contributed by atoms with Crippen LogP contribution in [0, 0.1) is 0 Å². The third-order valence-corrected chi connectivity index (χ3v) is 3.91. The van der Waals surface area contributed by atoms with Crippen LogP contribution in [0.5, 0.6) is 5.75 Å². The van der Waals surface area contributed by atoms with Gasteiger partial charge in [0.25, 0.3) is 0 Å². The van der Waals surface area contributed by atoms with E-state index in [4.69, 9.17) is 16.3 Å². The third kappa shape index (κ3) is 3.12. The van der Waals surface area contributed by atoms with Crippen LogP contribution in [-0.2, 0) is 4.79 Å². The van der Waals surface area contributed by atoms with E-state index < -0.39 is 0 Å². The zero-order valence-electron chi connectivity index (χ0n) is 9.93. The van der Waals surface area contributed by atoms with E-state index in [9.17, 15) is 4.79 Å². The number of hydrogen-bond donors (Lipinski definition) is 0. The normalized spacial score (nSPS) is 12.1. The van der Waals surface area contributed by atoms with Crippen LogP contribution in [0.1, 0.15) is 22.8 Å². The predicted molar refractivity (Wildman–Crippen MR) is 74.6 cm³/mol. The van der Waals surface area contributed by atoms with Crippen molar-refractivity contribution in [2.75, 3.05) is 7.11 Å². The Balaban J connectivity index is 2.30. The molecule has 0 aliphatic carbocycles. The van der Waals surface area contributed by atoms with Crippen molar-refractivity contribution in [1.82, 2.24) is 0 Å². The summed E-state index contributed by atoms with van der Waals surface area (Å²) >= 11 is 7.17. The maximum Gasteiger partial charge on any atom is 0.222 e. The molecule has 1 aromatic heterocycles. The fraction of sp³-hybridized carbons (Fsp3) is 0.214. The molecule has 94 valence electrons. The monoisotopic (exact) mass is 280 g/mol. The Morgan fingerprint density at radius 1 is 1.33 bits per heavy atom. The van der Waals surface area contributed by atoms with Gasteiger partial charge in [0, 0.05) is 17.2 Å². The van der Waals surface area contributed by atoms with Crippen LogP contribution < -0.4 is 4.74 Å². The van der Waals surface area contributed by atoms with Gasteiger partial charge in [-0.15, -0.1) is 11.3 Å². The number of methoxy groups -OCH3 is 1. The number of ether oxygens (including phenoxy) is 1. The smallest absolute Gasteiger partial charge is 0.222 e. The first-order valence-corrected chi connectivity index (χ1v) is 6.82. The van der Waals surface area contributed by atoms with Crippen molar-refractivity contribution in [1.29, 1.82) is 0 Å². The Labute approximate surface area is 115 Å². The van der Waals surface area contributed by atoms with Crippen molar-refractivity contribution in [3.05, 3.63) is 52.2 Å². The van der Waals surface area contributed by atoms with Gasteiger partial charge >= 0.3 is 0 Å². The van der Waals surface area contributed by atoms with E-state index in [0.29, 0.717) is 6.42 Å². The average Bonchev–Trinajstić information content (AvgIpc) is 2.89. The second-order valence-corrected chi connectivity index (χ2v) is 5.30. The predicted octanol–water partition coefficient (Wildman–Crippen LogP) is 4.04. The van der Waals surface area contributed by atoms with Crippen molar-refractivity contribution >= 4 is 28.2 Å². The quantitative estimate of drug-likeness (QED) is 0.773. The summed E-state index contributed by atoms with van der Waals surface area (Å²) in [6.45, 7) is 0. The lowest BCUT2D eigenvalue weighted by molar-refractivity contribution is -0.111. The maximum atomic E-state index is 11.2. The van der Waals surface area contributed by atoms with Crippen LogP contribution in [-0.4, -0.2) is 12.4 Å². The van der Waals surface area contributed by atoms with Gasteiger partial charge in [0.05, 0.1) is 7.11 Å². The number of rotatable bonds is 5. The first-order chi connectivity index (χ1) is 8.70. The molecule has 2 aromatic rings. The molecular formula is C14H13ClO2S. The Bertz CT molecular complexity index is 505. The number of thiophene rings is 1. The van der Waals surface area contributed by atoms with E-state index in [2.05, 4.69) is 0 Å². The van der Waals surface area contributed by atoms with Gasteiger partial charge in [0.1, 0.15) is 5.75 Å². The first-order valence-electron chi connectivity index (χ1n) is 5.56. The summed E-state index contributed by atoms with van der Waals surface area (Å²) in [5.74, 6) is 0.835. The second-order valence-electron chi connectivity index (χ2n) is 3.90. The van der Waals surface area contributed by atoms with Crippen LogP contribution in [0.4, 0.5) is 0 Å². The number of carbonyl (C=O) groups excluding carboxylic acids is 1. The van der Waals surface area contributed by atoms with Crippen LogP contribution in [0.3, 0.4) is 0 Å². The van der Waals surface area contributed by atoms with Crippen LogP contribution in [0.15, 0.2) is 41.8 Å². The first kappa shape index (κ1) is 13.1. The lowest BCUT2D eigenvalue weighted by Crippen LogP contribution is -2.03. The minimum Gasteiger partial charge on any atom is -0.497 e. The molecule has 4 heteroatoms. The molecule has 0 aliphatic heterocycles. The Morgan fingerprint density at radius 2 is 2.06 bits per heavy atom. The Hall–Kier alpha value is -1.32. The van der Waals surface area contributed by atoms with E-state index >= 15 is 0 Å². The van der Waals surface area contributed by atoms with Crippen molar-refractivity contribution in [3.8, 4) is 5.75 Å². The molecule has 1 aromatic carbocycles. The molecule has 1 heterocycles. The highest BCUT2D eigenvalue weighted by molar-refractivity contribution is 7.10. The van der Waals surface area contributed by atoms with Crippen LogP contribution in [0.2, 0.25) is 0 Å². The van der Waals surface area contributed by atoms with Gasteiger partial charge in [-0.25, -0.2) is 0 Å². The summed E-state index contributed by atoms with van der Waals surface area (Å²) in [6, 6.07) is 11.8. The topological polar surface area (TPSA) is 26.3 Å². The molecular weight excluding hydrogens is 268 g/mol. The van der Waals surface area contributed by atoms with Gasteiger partial charge in [-0.1, -0.05) is 18.2 Å². The maximum absolute atomic E-state index is 11.2. The van der Waals surface area contributed by atoms with Crippen molar-refractivity contribution in [3.63, 3.8) is 0 Å². The lowest BCUT2D eigenvalue weighted by Gasteiger charge is -2.14. The zero-order valence-corrected chi connectivity index (χ0v) is 11.5. The molecule has 2 rings (SSSR count). The third-order valence-electron chi connectivity index (χ3n) is 2.77. The van der Waals surface area contributed by atoms with Gasteiger partial charge in [0.2, 0.25) is 5.24 Å². The number of carbonyl (C=O) groups is 1. The molecule has 0 aliphatic rings. The average molecular weight is 281 g/mol. The molecule has 0 spiro atoms. The fourth-order valence-electron chi connectivity index (χ4n) is 1.87. The Kier molecular flexibility index (Phi) is 4.39. The number of benzene rings is 1. The molecule has 0 bridgehead atoms. The molecule has 0 saturated heterocycles. The SMILES string of the molecule is COc1ccc(C(CC(=O)Cl)c2cccs2)cc1. The summed E-state index contributed by atoms with van der Waals surface area (Å²) in [5.41, 5.74) is 1.08. The van der Waals surface area contributed by atoms with Gasteiger partial charge in [-0.05, 0) is 40.7 Å². The van der Waals surface area contributed by atoms with Crippen LogP contribution >= 0.6 is 22.9 Å². The van der Waals surface area contributed by atoms with E-state index in [1.807, 2.05) is 41.8 Å². The van der Waals surface area contributed by atoms with E-state index in [1.54, 1.807) is 18.4 Å². The Morgan fingerprint density at radius 3 is 2.56 bits per heavy atom. The van der Waals surface area contributed by atoms with Gasteiger partial charge in [-0.2, -0.15) is 0 Å². The van der Waals surface area contributed by atoms with Gasteiger partial charge in [-0.3, -0.25) is 4.79 Å². The molecule has 1 unspecified atom stereocenters. The van der Waals surface area contributed by atoms with Crippen LogP contribution in [0.25, 0.3) is 0 Å². The number of halogens is 1. The molecule has 0 N–H and O–H groups in total. The van der Waals surface area contributed by atoms with Gasteiger partial charge < -0.3 is 4.74 Å². The summed E-state index contributed by atoms with van der Waals surface area (Å²) in [7, 11) is 1.63. The molecule has 1 atom stereocenters. The van der Waals surface area contributed by atoms with E-state index in [-0.39, 0.29) is 11.2 Å². The molecule has 18 heavy (non-hydrogen) atoms. The van der Waals surface area contributed by atoms with Crippen molar-refractivity contribution in [2.45, 2.75) is 12.3 Å². The second kappa shape index (κ2) is 6.03. The molecule has 2 nitrogen and oxygen atoms in total. The summed E-state index contributed by atoms with van der Waals surface area (Å²) < 4.78 is 5.13. The minimum absolute atomic E-state index is 0.0286. The van der Waals surface area contributed by atoms with Crippen molar-refractivity contribution < 1.29 is 9.53 Å². The summed E-state index contributed by atoms with van der Waals surface area (Å²) in [6.07, 6.45) is 0.314. The number of hydrogen-bond acceptors (Lipinski definition) is 3. The highest BCUT2D eigenvalue weighted by Gasteiger charge is 2.18. The fourth-order valence-corrected chi connectivity index (χ4v) is 2.88. The molecule has 0 amide bonds. The highest BCUT2D eigenvalue weighted by atomic mass is 35.5.